The molecule has 0 unspecified atom stereocenters. The summed E-state index contributed by atoms with van der Waals surface area (Å²) in [6, 6.07) is 14.6. The van der Waals surface area contributed by atoms with Gasteiger partial charge in [0.25, 0.3) is 0 Å². The highest BCUT2D eigenvalue weighted by molar-refractivity contribution is 7.89. The number of sulfonamides is 1. The molecule has 0 fully saturated rings. The Bertz CT molecular complexity index is 2510. The highest BCUT2D eigenvalue weighted by Gasteiger charge is 2.34. The van der Waals surface area contributed by atoms with Crippen molar-refractivity contribution in [1.29, 1.82) is 0 Å². The van der Waals surface area contributed by atoms with Gasteiger partial charge in [-0.25, -0.2) is 13.2 Å². The van der Waals surface area contributed by atoms with Crippen molar-refractivity contribution in [2.45, 2.75) is 122 Å². The second kappa shape index (κ2) is 26.5. The predicted molar refractivity (Wildman–Crippen MR) is 267 cm³/mol. The number of hydrogen-bond donors (Lipinski definition) is 7. The summed E-state index contributed by atoms with van der Waals surface area (Å²) in [6.07, 6.45) is 3.51. The molecule has 3 aromatic carbocycles. The van der Waals surface area contributed by atoms with Gasteiger partial charge in [0.2, 0.25) is 39.6 Å². The van der Waals surface area contributed by atoms with Gasteiger partial charge >= 0.3 is 5.97 Å². The molecule has 0 aliphatic rings. The Hall–Kier alpha value is -6.44. The van der Waals surface area contributed by atoms with Gasteiger partial charge in [0.05, 0.1) is 11.5 Å². The number of nitrogens with zero attached hydrogens (tertiary/aromatic N) is 2. The Balaban J connectivity index is 1.50. The lowest BCUT2D eigenvalue weighted by Gasteiger charge is -2.27. The monoisotopic (exact) mass is 986 g/mol. The van der Waals surface area contributed by atoms with Crippen molar-refractivity contribution in [3.63, 3.8) is 0 Å². The number of pyridine rings is 1. The van der Waals surface area contributed by atoms with Crippen LogP contribution in [-0.4, -0.2) is 111 Å². The van der Waals surface area contributed by atoms with E-state index in [9.17, 15) is 42.3 Å². The van der Waals surface area contributed by atoms with Crippen LogP contribution in [-0.2, 0) is 56.6 Å². The molecule has 0 bridgehead atoms. The van der Waals surface area contributed by atoms with E-state index >= 15 is 0 Å². The summed E-state index contributed by atoms with van der Waals surface area (Å²) in [5, 5.41) is 24.8. The van der Waals surface area contributed by atoms with E-state index in [1.54, 1.807) is 93.0 Å². The van der Waals surface area contributed by atoms with Crippen molar-refractivity contribution in [3.8, 4) is 0 Å². The van der Waals surface area contributed by atoms with E-state index in [1.165, 1.54) is 13.0 Å². The van der Waals surface area contributed by atoms with Crippen LogP contribution in [0.1, 0.15) is 78.9 Å². The lowest BCUT2D eigenvalue weighted by molar-refractivity contribution is -0.149. The number of amides is 5. The number of ether oxygens (including phenoxy) is 1. The summed E-state index contributed by atoms with van der Waals surface area (Å²) in [4.78, 5) is 88.4. The molecular weight excluding hydrogens is 917 g/mol. The van der Waals surface area contributed by atoms with Gasteiger partial charge < -0.3 is 41.3 Å². The zero-order chi connectivity index (χ0) is 51.7. The lowest BCUT2D eigenvalue weighted by Crippen LogP contribution is -2.60. The number of aromatic nitrogens is 1. The first kappa shape index (κ1) is 56.2. The fourth-order valence-corrected chi connectivity index (χ4v) is 9.12. The molecule has 0 aliphatic heterocycles. The van der Waals surface area contributed by atoms with Crippen LogP contribution in [0.25, 0.3) is 10.8 Å². The van der Waals surface area contributed by atoms with Gasteiger partial charge in [0.15, 0.2) is 0 Å². The van der Waals surface area contributed by atoms with Gasteiger partial charge in [-0.1, -0.05) is 96.1 Å². The van der Waals surface area contributed by atoms with Crippen molar-refractivity contribution in [2.75, 3.05) is 25.6 Å². The summed E-state index contributed by atoms with van der Waals surface area (Å²) < 4.78 is 36.1. The normalized spacial score (nSPS) is 14.2. The fourth-order valence-electron chi connectivity index (χ4n) is 7.69. The maximum Gasteiger partial charge on any atom is 0.328 e. The zero-order valence-corrected chi connectivity index (χ0v) is 42.3. The van der Waals surface area contributed by atoms with Crippen LogP contribution in [0.5, 0.6) is 0 Å². The predicted octanol–water partition coefficient (Wildman–Crippen LogP) is 3.51. The van der Waals surface area contributed by atoms with Crippen LogP contribution < -0.4 is 36.2 Å². The Morgan fingerprint density at radius 2 is 1.09 bits per heavy atom. The van der Waals surface area contributed by atoms with Gasteiger partial charge in [-0.2, -0.15) is 4.72 Å². The third kappa shape index (κ3) is 16.9. The second-order valence-corrected chi connectivity index (χ2v) is 20.6. The number of esters is 1. The molecule has 7 N–H and O–H groups in total. The van der Waals surface area contributed by atoms with E-state index in [0.29, 0.717) is 21.9 Å². The number of benzene rings is 3. The van der Waals surface area contributed by atoms with Crippen LogP contribution in [0, 0.1) is 17.8 Å². The van der Waals surface area contributed by atoms with E-state index in [4.69, 9.17) is 4.74 Å². The molecule has 380 valence electrons. The van der Waals surface area contributed by atoms with Crippen LogP contribution in [0.3, 0.4) is 0 Å². The Kier molecular flexibility index (Phi) is 21.3. The van der Waals surface area contributed by atoms with E-state index in [-0.39, 0.29) is 54.9 Å². The van der Waals surface area contributed by atoms with Crippen molar-refractivity contribution >= 4 is 62.0 Å². The Labute approximate surface area is 411 Å². The molecule has 4 aromatic rings. The van der Waals surface area contributed by atoms with E-state index in [1.807, 2.05) is 52.8 Å². The minimum absolute atomic E-state index is 0.00357. The van der Waals surface area contributed by atoms with Gasteiger partial charge in [0.1, 0.15) is 42.9 Å². The number of carbonyl (C=O) groups is 6. The van der Waals surface area contributed by atoms with Gasteiger partial charge in [-0.3, -0.25) is 29.0 Å². The molecule has 70 heavy (non-hydrogen) atoms. The van der Waals surface area contributed by atoms with E-state index in [0.717, 1.165) is 5.69 Å². The zero-order valence-electron chi connectivity index (χ0n) is 41.5. The first-order valence-corrected chi connectivity index (χ1v) is 25.0. The smallest absolute Gasteiger partial charge is 0.328 e. The molecule has 4 rings (SSSR count). The first-order valence-electron chi connectivity index (χ1n) is 23.5. The maximum atomic E-state index is 14.2. The largest absolute Gasteiger partial charge is 0.459 e. The molecule has 19 heteroatoms. The third-order valence-electron chi connectivity index (χ3n) is 11.2. The average Bonchev–Trinajstić information content (AvgIpc) is 3.30. The van der Waals surface area contributed by atoms with Crippen LogP contribution in [0.2, 0.25) is 0 Å². The van der Waals surface area contributed by atoms with Crippen LogP contribution in [0.15, 0.2) is 96.2 Å². The molecule has 1 aromatic heterocycles. The van der Waals surface area contributed by atoms with Gasteiger partial charge in [-0.05, 0) is 79.3 Å². The minimum Gasteiger partial charge on any atom is -0.459 e. The SMILES string of the molecule is CC(C)C[C@H](NC(=O)[C@H](Cc1ccccc1)NC(=O)[C@H](CO)NC(=O)[C@H](CC(C)C)NS(=O)(=O)c1cccc2c(N(C)C)cccc12)C(=O)N[C@@H](C)C(=O)N[C@@H](CC(C)C)C(=O)OCc1ccncc1. The average molecular weight is 987 g/mol. The number of aliphatic hydroxyl groups is 1. The number of aliphatic hydroxyl groups excluding tert-OH is 1. The molecule has 0 radical (unpaired) electrons. The highest BCUT2D eigenvalue weighted by Crippen LogP contribution is 2.30. The first-order chi connectivity index (χ1) is 33.1. The molecule has 5 amide bonds. The highest BCUT2D eigenvalue weighted by atomic mass is 32.2. The van der Waals surface area contributed by atoms with Crippen molar-refractivity contribution in [1.82, 2.24) is 36.3 Å². The molecular formula is C51H70N8O10S. The number of rotatable bonds is 26. The minimum atomic E-state index is -4.33. The summed E-state index contributed by atoms with van der Waals surface area (Å²) >= 11 is 0. The van der Waals surface area contributed by atoms with Crippen molar-refractivity contribution in [3.05, 3.63) is 102 Å². The van der Waals surface area contributed by atoms with Crippen LogP contribution in [0.4, 0.5) is 5.69 Å². The van der Waals surface area contributed by atoms with Crippen molar-refractivity contribution in [2.24, 2.45) is 17.8 Å². The molecule has 18 nitrogen and oxygen atoms in total. The molecule has 1 heterocycles. The van der Waals surface area contributed by atoms with Crippen molar-refractivity contribution < 1.29 is 47.0 Å². The van der Waals surface area contributed by atoms with E-state index in [2.05, 4.69) is 36.3 Å². The second-order valence-electron chi connectivity index (χ2n) is 18.9. The van der Waals surface area contributed by atoms with Gasteiger partial charge in [-0.15, -0.1) is 0 Å². The summed E-state index contributed by atoms with van der Waals surface area (Å²) in [6.45, 7) is 11.6. The van der Waals surface area contributed by atoms with Crippen LogP contribution >= 0.6 is 0 Å². The summed E-state index contributed by atoms with van der Waals surface area (Å²) in [5.74, 6) is -4.92. The quantitative estimate of drug-likeness (QED) is 0.0447. The fraction of sp³-hybridized carbons (Fsp3) is 0.471. The molecule has 0 aliphatic carbocycles. The van der Waals surface area contributed by atoms with E-state index < -0.39 is 88.4 Å². The number of fused-ring (bicyclic) bond motifs is 1. The summed E-state index contributed by atoms with van der Waals surface area (Å²) in [5.41, 5.74) is 2.14. The third-order valence-corrected chi connectivity index (χ3v) is 12.7. The number of anilines is 1. The molecule has 0 saturated heterocycles. The Morgan fingerprint density at radius 1 is 0.571 bits per heavy atom. The van der Waals surface area contributed by atoms with Gasteiger partial charge in [0, 0.05) is 49.4 Å². The maximum absolute atomic E-state index is 14.2. The number of carbonyl (C=O) groups excluding carboxylic acids is 6. The lowest BCUT2D eigenvalue weighted by atomic mass is 10.0. The molecule has 6 atom stereocenters. The number of nitrogens with one attached hydrogen (secondary N) is 6. The summed E-state index contributed by atoms with van der Waals surface area (Å²) in [7, 11) is -0.647. The molecule has 0 spiro atoms. The standard InChI is InChI=1S/C51H70N8O10S/c1-31(2)25-39(47(62)53-34(7)46(61)56-42(27-33(5)6)51(66)69-30-36-21-23-52-24-22-36)54-48(63)40(28-35-15-11-10-12-16-35)55-50(65)43(29-60)57-49(64)41(26-32(3)4)58-70(67,68)45-20-14-17-37-38(45)18-13-19-44(37)59(8)9/h10-24,31-34,39-43,58,60H,25-30H2,1-9H3,(H,53,62)(H,54,63)(H,55,65)(H,56,61)(H,57,64)/t34-,39-,40-,41-,42-,43-/m0/s1. The topological polar surface area (TPSA) is 254 Å². The molecule has 0 saturated carbocycles. The Morgan fingerprint density at radius 3 is 1.70 bits per heavy atom. The number of hydrogen-bond acceptors (Lipinski definition) is 12.